The molecule has 0 aromatic heterocycles. The van der Waals surface area contributed by atoms with Crippen LogP contribution >= 0.6 is 12.2 Å². The fourth-order valence-corrected chi connectivity index (χ4v) is 1.37. The molecule has 1 heterocycles. The first-order valence-corrected chi connectivity index (χ1v) is 4.73. The largest absolute Gasteiger partial charge is 0.486 e. The van der Waals surface area contributed by atoms with Crippen LogP contribution in [0.3, 0.4) is 0 Å². The van der Waals surface area contributed by atoms with Gasteiger partial charge in [-0.3, -0.25) is 0 Å². The summed E-state index contributed by atoms with van der Waals surface area (Å²) in [4.78, 5) is 3.83. The molecule has 0 N–H and O–H groups in total. The molecule has 2 rings (SSSR count). The van der Waals surface area contributed by atoms with Crippen LogP contribution in [0, 0.1) is 0 Å². The van der Waals surface area contributed by atoms with E-state index in [1.807, 2.05) is 24.3 Å². The Morgan fingerprint density at radius 1 is 1.43 bits per heavy atom. The first kappa shape index (κ1) is 9.19. The van der Waals surface area contributed by atoms with E-state index in [0.717, 1.165) is 11.5 Å². The number of benzene rings is 1. The van der Waals surface area contributed by atoms with Crippen molar-refractivity contribution in [2.45, 2.75) is 6.10 Å². The molecular weight excluding hydrogens is 198 g/mol. The summed E-state index contributed by atoms with van der Waals surface area (Å²) in [6.45, 7) is 1.01. The van der Waals surface area contributed by atoms with Crippen LogP contribution in [-0.2, 0) is 0 Å². The van der Waals surface area contributed by atoms with Gasteiger partial charge in [-0.2, -0.15) is 0 Å². The van der Waals surface area contributed by atoms with E-state index in [9.17, 15) is 0 Å². The van der Waals surface area contributed by atoms with E-state index in [1.165, 1.54) is 0 Å². The highest BCUT2D eigenvalue weighted by Crippen LogP contribution is 2.30. The van der Waals surface area contributed by atoms with Crippen molar-refractivity contribution >= 4 is 17.4 Å². The smallest absolute Gasteiger partial charge is 0.161 e. The molecular formula is C10H9NO2S. The zero-order chi connectivity index (χ0) is 9.80. The van der Waals surface area contributed by atoms with Crippen molar-refractivity contribution in [3.05, 3.63) is 24.3 Å². The second-order valence-corrected chi connectivity index (χ2v) is 3.11. The summed E-state index contributed by atoms with van der Waals surface area (Å²) < 4.78 is 11.1. The maximum Gasteiger partial charge on any atom is 0.161 e. The molecule has 1 aliphatic heterocycles. The van der Waals surface area contributed by atoms with Gasteiger partial charge in [-0.15, -0.1) is 0 Å². The Hall–Kier alpha value is -1.38. The van der Waals surface area contributed by atoms with Crippen LogP contribution in [0.1, 0.15) is 0 Å². The quantitative estimate of drug-likeness (QED) is 0.548. The van der Waals surface area contributed by atoms with Crippen LogP contribution in [0.25, 0.3) is 0 Å². The summed E-state index contributed by atoms with van der Waals surface area (Å²) in [5.74, 6) is 1.55. The van der Waals surface area contributed by atoms with Gasteiger partial charge in [-0.1, -0.05) is 12.1 Å². The fraction of sp³-hybridized carbons (Fsp3) is 0.300. The van der Waals surface area contributed by atoms with Gasteiger partial charge in [-0.25, -0.2) is 4.99 Å². The Morgan fingerprint density at radius 2 is 2.21 bits per heavy atom. The van der Waals surface area contributed by atoms with Crippen molar-refractivity contribution in [2.75, 3.05) is 13.2 Å². The average Bonchev–Trinajstić information content (AvgIpc) is 2.26. The molecule has 0 radical (unpaired) electrons. The number of hydrogen-bond acceptors (Lipinski definition) is 4. The Labute approximate surface area is 87.4 Å². The van der Waals surface area contributed by atoms with Crippen molar-refractivity contribution in [2.24, 2.45) is 4.99 Å². The van der Waals surface area contributed by atoms with Crippen molar-refractivity contribution in [1.29, 1.82) is 0 Å². The lowest BCUT2D eigenvalue weighted by Crippen LogP contribution is -2.31. The van der Waals surface area contributed by atoms with E-state index in [4.69, 9.17) is 9.47 Å². The Balaban J connectivity index is 2.09. The monoisotopic (exact) mass is 207 g/mol. The number of nitrogens with zero attached hydrogens (tertiary/aromatic N) is 1. The Morgan fingerprint density at radius 3 is 3.00 bits per heavy atom. The summed E-state index contributed by atoms with van der Waals surface area (Å²) in [5.41, 5.74) is 0. The topological polar surface area (TPSA) is 30.8 Å². The van der Waals surface area contributed by atoms with Crippen molar-refractivity contribution in [3.63, 3.8) is 0 Å². The minimum absolute atomic E-state index is 0.0552. The van der Waals surface area contributed by atoms with Gasteiger partial charge < -0.3 is 9.47 Å². The molecule has 1 atom stereocenters. The third-order valence-electron chi connectivity index (χ3n) is 1.93. The molecule has 0 spiro atoms. The van der Waals surface area contributed by atoms with Gasteiger partial charge in [0.25, 0.3) is 0 Å². The standard InChI is InChI=1S/C10H9NO2S/c14-7-11-5-8-6-12-9-3-1-2-4-10(9)13-8/h1-4,8H,5-6H2/t8-/m1/s1. The van der Waals surface area contributed by atoms with E-state index in [0.29, 0.717) is 13.2 Å². The highest BCUT2D eigenvalue weighted by molar-refractivity contribution is 7.78. The molecule has 0 saturated heterocycles. The van der Waals surface area contributed by atoms with E-state index in [1.54, 1.807) is 0 Å². The highest BCUT2D eigenvalue weighted by Gasteiger charge is 2.19. The lowest BCUT2D eigenvalue weighted by atomic mass is 10.2. The molecule has 0 bridgehead atoms. The first-order valence-electron chi connectivity index (χ1n) is 4.32. The van der Waals surface area contributed by atoms with Gasteiger partial charge in [0.15, 0.2) is 17.6 Å². The van der Waals surface area contributed by atoms with E-state index in [2.05, 4.69) is 22.4 Å². The zero-order valence-electron chi connectivity index (χ0n) is 7.47. The minimum Gasteiger partial charge on any atom is -0.486 e. The van der Waals surface area contributed by atoms with Gasteiger partial charge in [0, 0.05) is 0 Å². The number of hydrogen-bond donors (Lipinski definition) is 0. The molecule has 14 heavy (non-hydrogen) atoms. The normalized spacial score (nSPS) is 18.4. The second kappa shape index (κ2) is 4.22. The molecule has 0 unspecified atom stereocenters. The second-order valence-electron chi connectivity index (χ2n) is 2.93. The van der Waals surface area contributed by atoms with Gasteiger partial charge in [-0.05, 0) is 24.4 Å². The summed E-state index contributed by atoms with van der Waals surface area (Å²) in [5, 5.41) is 2.31. The molecule has 3 nitrogen and oxygen atoms in total. The SMILES string of the molecule is S=C=NC[C@@H]1COc2ccccc2O1. The van der Waals surface area contributed by atoms with E-state index < -0.39 is 0 Å². The van der Waals surface area contributed by atoms with Crippen LogP contribution in [0.5, 0.6) is 11.5 Å². The first-order chi connectivity index (χ1) is 6.90. The van der Waals surface area contributed by atoms with Gasteiger partial charge in [0.05, 0.1) is 11.7 Å². The highest BCUT2D eigenvalue weighted by atomic mass is 32.1. The number of rotatable bonds is 2. The molecule has 1 aromatic carbocycles. The molecule has 0 amide bonds. The summed E-state index contributed by atoms with van der Waals surface area (Å²) >= 11 is 4.49. The number of ether oxygens (including phenoxy) is 2. The average molecular weight is 207 g/mol. The molecule has 1 aromatic rings. The third-order valence-corrected chi connectivity index (χ3v) is 2.06. The Bertz CT molecular complexity index is 374. The molecule has 0 aliphatic carbocycles. The maximum atomic E-state index is 5.63. The van der Waals surface area contributed by atoms with Crippen molar-refractivity contribution in [3.8, 4) is 11.5 Å². The Kier molecular flexibility index (Phi) is 2.77. The van der Waals surface area contributed by atoms with Gasteiger partial charge >= 0.3 is 0 Å². The number of thiocarbonyl (C=S) groups is 1. The van der Waals surface area contributed by atoms with E-state index in [-0.39, 0.29) is 6.10 Å². The van der Waals surface area contributed by atoms with Crippen molar-refractivity contribution < 1.29 is 9.47 Å². The number of aliphatic imine (C=N–C) groups is 1. The minimum atomic E-state index is -0.0552. The lowest BCUT2D eigenvalue weighted by Gasteiger charge is -2.24. The van der Waals surface area contributed by atoms with Gasteiger partial charge in [0.2, 0.25) is 0 Å². The van der Waals surface area contributed by atoms with Crippen LogP contribution in [0.4, 0.5) is 0 Å². The van der Waals surface area contributed by atoms with Crippen LogP contribution in [0.15, 0.2) is 29.3 Å². The molecule has 72 valence electrons. The third kappa shape index (κ3) is 1.92. The number of fused-ring (bicyclic) bond motifs is 1. The summed E-state index contributed by atoms with van der Waals surface area (Å²) in [7, 11) is 0. The van der Waals surface area contributed by atoms with Crippen LogP contribution in [0.2, 0.25) is 0 Å². The maximum absolute atomic E-state index is 5.63. The van der Waals surface area contributed by atoms with E-state index >= 15 is 0 Å². The predicted octanol–water partition coefficient (Wildman–Crippen LogP) is 1.93. The fourth-order valence-electron chi connectivity index (χ4n) is 1.29. The number of para-hydroxylation sites is 2. The summed E-state index contributed by atoms with van der Waals surface area (Å²) in [6.07, 6.45) is -0.0552. The van der Waals surface area contributed by atoms with Gasteiger partial charge in [0.1, 0.15) is 6.61 Å². The number of isothiocyanates is 1. The summed E-state index contributed by atoms with van der Waals surface area (Å²) in [6, 6.07) is 7.58. The van der Waals surface area contributed by atoms with Crippen LogP contribution in [-0.4, -0.2) is 24.4 Å². The molecule has 1 aliphatic rings. The molecule has 0 saturated carbocycles. The zero-order valence-corrected chi connectivity index (χ0v) is 8.29. The predicted molar refractivity (Wildman–Crippen MR) is 56.2 cm³/mol. The molecule has 4 heteroatoms. The molecule has 0 fully saturated rings. The van der Waals surface area contributed by atoms with Crippen molar-refractivity contribution in [1.82, 2.24) is 0 Å². The van der Waals surface area contributed by atoms with Crippen LogP contribution < -0.4 is 9.47 Å². The lowest BCUT2D eigenvalue weighted by molar-refractivity contribution is 0.0974.